The number of thiophene rings is 6. The molecule has 0 amide bonds. The van der Waals surface area contributed by atoms with E-state index < -0.39 is 48.4 Å². The Hall–Kier alpha value is 3.04. The van der Waals surface area contributed by atoms with Crippen LogP contribution in [0.1, 0.15) is 0 Å². The highest BCUT2D eigenvalue weighted by atomic mass is 79.9. The molecule has 0 nitrogen and oxygen atoms in total. The maximum atomic E-state index is 4.41. The lowest BCUT2D eigenvalue weighted by Gasteiger charge is -2.14. The van der Waals surface area contributed by atoms with Crippen LogP contribution >= 0.6 is 198 Å². The molecule has 0 fully saturated rings. The van der Waals surface area contributed by atoms with Crippen LogP contribution in [0.25, 0.3) is 56.4 Å². The lowest BCUT2D eigenvalue weighted by atomic mass is 10.3. The molecule has 7 heterocycles. The van der Waals surface area contributed by atoms with E-state index in [1.54, 1.807) is 0 Å². The number of rotatable bonds is 6. The summed E-state index contributed by atoms with van der Waals surface area (Å²) in [4.78, 5) is 0. The van der Waals surface area contributed by atoms with Crippen LogP contribution in [0.2, 0.25) is 118 Å². The van der Waals surface area contributed by atoms with Gasteiger partial charge in [0.05, 0.1) is 72.5 Å². The van der Waals surface area contributed by atoms with Crippen LogP contribution in [0.4, 0.5) is 0 Å². The Morgan fingerprint density at radius 2 is 0.317 bits per heavy atom. The van der Waals surface area contributed by atoms with Gasteiger partial charge in [0.15, 0.2) is 0 Å². The molecule has 0 bridgehead atoms. The molecule has 0 aliphatic heterocycles. The van der Waals surface area contributed by atoms with Crippen molar-refractivity contribution in [2.24, 2.45) is 0 Å². The van der Waals surface area contributed by atoms with Crippen molar-refractivity contribution >= 4 is 329 Å². The summed E-state index contributed by atoms with van der Waals surface area (Å²) in [5.41, 5.74) is 0. The molecule has 7 aromatic rings. The zero-order valence-corrected chi connectivity index (χ0v) is 61.8. The molecular formula is C42H54Br6S9Si6. The Kier molecular flexibility index (Phi) is 15.8. The van der Waals surface area contributed by atoms with Crippen molar-refractivity contribution in [3.8, 4) is 0 Å². The minimum Gasteiger partial charge on any atom is -0.133 e. The van der Waals surface area contributed by atoms with Gasteiger partial charge in [0.1, 0.15) is 0 Å². The molecule has 0 aliphatic carbocycles. The third kappa shape index (κ3) is 10.2. The van der Waals surface area contributed by atoms with E-state index >= 15 is 0 Å². The van der Waals surface area contributed by atoms with Crippen molar-refractivity contribution in [3.63, 3.8) is 0 Å². The zero-order chi connectivity index (χ0) is 47.2. The average Bonchev–Trinajstić information content (AvgIpc) is 3.91. The topological polar surface area (TPSA) is 0 Å². The predicted molar refractivity (Wildman–Crippen MR) is 349 cm³/mol. The molecule has 0 atom stereocenters. The Balaban J connectivity index is 2.02. The van der Waals surface area contributed by atoms with E-state index in [2.05, 4.69) is 281 Å². The van der Waals surface area contributed by atoms with E-state index in [1.165, 1.54) is 110 Å². The Labute approximate surface area is 466 Å². The lowest BCUT2D eigenvalue weighted by molar-refractivity contribution is 1.77. The SMILES string of the molecule is C[Si](C)(C)c1sc2sc3sc([Si](C)(C)C)c(Br)c3c3c(Br)c([Si](C)(C)C)sc3sc3sc([Si](C)(C)C)c(Br)c3c3c(Br)c([Si](C)(C)C)sc3sc3sc([Si](C)(C)C)c(Br)c3c2c1Br. The van der Waals surface area contributed by atoms with Gasteiger partial charge in [-0.25, -0.2) is 0 Å². The van der Waals surface area contributed by atoms with Gasteiger partial charge in [-0.15, -0.1) is 102 Å². The number of fused-ring (bicyclic) bond motifs is 9. The van der Waals surface area contributed by atoms with Crippen molar-refractivity contribution in [2.75, 3.05) is 0 Å². The van der Waals surface area contributed by atoms with Crippen molar-refractivity contribution in [3.05, 3.63) is 26.8 Å². The Morgan fingerprint density at radius 1 is 0.206 bits per heavy atom. The van der Waals surface area contributed by atoms with Gasteiger partial charge in [0.25, 0.3) is 0 Å². The molecule has 0 saturated heterocycles. The molecular weight excluding hydrogens is 1440 g/mol. The maximum Gasteiger partial charge on any atom is 0.0920 e. The highest BCUT2D eigenvalue weighted by Gasteiger charge is 2.34. The summed E-state index contributed by atoms with van der Waals surface area (Å²) in [7, 11) is -10.6. The number of hydrogen-bond donors (Lipinski definition) is 0. The smallest absolute Gasteiger partial charge is 0.0920 e. The molecule has 0 unspecified atom stereocenters. The van der Waals surface area contributed by atoms with Gasteiger partial charge in [0.2, 0.25) is 0 Å². The van der Waals surface area contributed by atoms with Crippen LogP contribution in [-0.2, 0) is 0 Å². The Bertz CT molecular complexity index is 2660. The summed E-state index contributed by atoms with van der Waals surface area (Å²) >= 11 is 44.9. The fourth-order valence-electron chi connectivity index (χ4n) is 7.20. The second kappa shape index (κ2) is 18.5. The largest absolute Gasteiger partial charge is 0.133 e. The lowest BCUT2D eigenvalue weighted by Crippen LogP contribution is -2.36. The summed E-state index contributed by atoms with van der Waals surface area (Å²) in [6, 6.07) is 0. The van der Waals surface area contributed by atoms with Crippen LogP contribution in [0.5, 0.6) is 0 Å². The normalized spacial score (nSPS) is 13.7. The van der Waals surface area contributed by atoms with Gasteiger partial charge in [-0.1, -0.05) is 118 Å². The van der Waals surface area contributed by atoms with E-state index in [-0.39, 0.29) is 0 Å². The molecule has 7 rings (SSSR count). The van der Waals surface area contributed by atoms with Crippen LogP contribution in [0, 0.1) is 0 Å². The first-order valence-electron chi connectivity index (χ1n) is 20.6. The summed E-state index contributed by atoms with van der Waals surface area (Å²) in [5.74, 6) is 0. The first kappa shape index (κ1) is 53.8. The molecule has 0 aromatic carbocycles. The molecule has 21 heteroatoms. The van der Waals surface area contributed by atoms with Crippen molar-refractivity contribution in [1.29, 1.82) is 0 Å². The van der Waals surface area contributed by atoms with E-state index in [4.69, 9.17) is 0 Å². The van der Waals surface area contributed by atoms with E-state index in [0.717, 1.165) is 0 Å². The predicted octanol–water partition coefficient (Wildman–Crippen LogP) is 20.4. The van der Waals surface area contributed by atoms with E-state index in [0.29, 0.717) is 0 Å². The molecule has 0 spiro atoms. The zero-order valence-electron chi connectivity index (χ0n) is 38.9. The highest BCUT2D eigenvalue weighted by Crippen LogP contribution is 2.50. The second-order valence-corrected chi connectivity index (χ2v) is 69.9. The summed E-state index contributed by atoms with van der Waals surface area (Å²) in [5, 5.41) is 8.25. The Morgan fingerprint density at radius 3 is 0.413 bits per heavy atom. The standard InChI is InChI=1S/C42H54Br6S9Si6/c1-58(2,3)37-25(43)19-20-26(44)38(59(4,5)6)53-32(20)50-34-23(29(47)41(55-34)62(13,14)15)24-30(48)42(63(16,17)18)57-36(24)51-35-22(28(46)40(56-35)61(10,11)12)21-27(45)39(60(7,8)9)54-33(21)49-31(19)52-37/h1-18H3. The minimum atomic E-state index is -1.77. The molecule has 63 heavy (non-hydrogen) atoms. The second-order valence-electron chi connectivity index (χ2n) is 22.3. The summed E-state index contributed by atoms with van der Waals surface area (Å²) in [6.07, 6.45) is 0. The average molecular weight is 1500 g/mol. The third-order valence-electron chi connectivity index (χ3n) is 10.3. The van der Waals surface area contributed by atoms with E-state index in [9.17, 15) is 0 Å². The molecule has 342 valence electrons. The van der Waals surface area contributed by atoms with Crippen LogP contribution in [-0.4, -0.2) is 48.4 Å². The first-order valence-corrected chi connectivity index (χ1v) is 53.7. The molecule has 0 N–H and O–H groups in total. The van der Waals surface area contributed by atoms with E-state index in [1.807, 2.05) is 34.0 Å². The van der Waals surface area contributed by atoms with Gasteiger partial charge < -0.3 is 0 Å². The highest BCUT2D eigenvalue weighted by molar-refractivity contribution is 9.11. The van der Waals surface area contributed by atoms with Crippen molar-refractivity contribution in [2.45, 2.75) is 118 Å². The molecule has 0 radical (unpaired) electrons. The summed E-state index contributed by atoms with van der Waals surface area (Å²) < 4.78 is 25.4. The monoisotopic (exact) mass is 1490 g/mol. The van der Waals surface area contributed by atoms with Crippen LogP contribution < -0.4 is 27.0 Å². The summed E-state index contributed by atoms with van der Waals surface area (Å²) in [6.45, 7) is 45.2. The van der Waals surface area contributed by atoms with Gasteiger partial charge in [-0.05, 0) is 95.6 Å². The first-order chi connectivity index (χ1) is 28.5. The fraction of sp³-hybridized carbons (Fsp3) is 0.429. The third-order valence-corrected chi connectivity index (χ3v) is 51.5. The van der Waals surface area contributed by atoms with Crippen molar-refractivity contribution < 1.29 is 0 Å². The maximum absolute atomic E-state index is 4.41. The van der Waals surface area contributed by atoms with Gasteiger partial charge in [0, 0.05) is 86.2 Å². The van der Waals surface area contributed by atoms with Crippen molar-refractivity contribution in [1.82, 2.24) is 0 Å². The number of hydrogen-bond acceptors (Lipinski definition) is 9. The molecule has 0 saturated carbocycles. The van der Waals surface area contributed by atoms with Gasteiger partial charge >= 0.3 is 0 Å². The molecule has 7 aromatic heterocycles. The van der Waals surface area contributed by atoms with Crippen LogP contribution in [0.3, 0.4) is 0 Å². The molecule has 0 aliphatic rings. The number of halogens is 6. The fourth-order valence-corrected chi connectivity index (χ4v) is 49.4. The quantitative estimate of drug-likeness (QED) is 0.146. The minimum absolute atomic E-state index is 1.30. The van der Waals surface area contributed by atoms with Gasteiger partial charge in [-0.2, -0.15) is 0 Å². The van der Waals surface area contributed by atoms with Gasteiger partial charge in [-0.3, -0.25) is 0 Å². The van der Waals surface area contributed by atoms with Crippen LogP contribution in [0.15, 0.2) is 26.8 Å².